The van der Waals surface area contributed by atoms with E-state index in [1.807, 2.05) is 6.07 Å². The van der Waals surface area contributed by atoms with E-state index in [9.17, 15) is 13.9 Å². The summed E-state index contributed by atoms with van der Waals surface area (Å²) in [6, 6.07) is 8.90. The number of fused-ring (bicyclic) bond motifs is 1. The molecule has 1 atom stereocenters. The largest absolute Gasteiger partial charge is 0.388 e. The maximum absolute atomic E-state index is 13.9. The average molecular weight is 260 g/mol. The van der Waals surface area contributed by atoms with Gasteiger partial charge in [0.15, 0.2) is 0 Å². The van der Waals surface area contributed by atoms with Crippen molar-refractivity contribution in [2.24, 2.45) is 0 Å². The van der Waals surface area contributed by atoms with Gasteiger partial charge in [-0.2, -0.15) is 0 Å². The second-order valence-electron chi connectivity index (χ2n) is 4.91. The van der Waals surface area contributed by atoms with E-state index in [1.165, 1.54) is 6.07 Å². The minimum absolute atomic E-state index is 0.269. The van der Waals surface area contributed by atoms with Gasteiger partial charge in [0.05, 0.1) is 6.10 Å². The molecular weight excluding hydrogens is 246 g/mol. The fourth-order valence-corrected chi connectivity index (χ4v) is 2.78. The molecule has 1 unspecified atom stereocenters. The molecule has 0 spiro atoms. The highest BCUT2D eigenvalue weighted by Crippen LogP contribution is 2.37. The monoisotopic (exact) mass is 260 g/mol. The Balaban J connectivity index is 2.21. The van der Waals surface area contributed by atoms with Crippen molar-refractivity contribution in [1.29, 1.82) is 0 Å². The van der Waals surface area contributed by atoms with E-state index in [0.717, 1.165) is 42.5 Å². The zero-order chi connectivity index (χ0) is 13.4. The number of benzene rings is 2. The molecule has 0 amide bonds. The topological polar surface area (TPSA) is 20.2 Å². The lowest BCUT2D eigenvalue weighted by molar-refractivity contribution is 0.156. The molecule has 0 aliphatic heterocycles. The predicted molar refractivity (Wildman–Crippen MR) is 69.7 cm³/mol. The number of rotatable bonds is 1. The third kappa shape index (κ3) is 2.15. The van der Waals surface area contributed by atoms with Gasteiger partial charge in [-0.05, 0) is 54.2 Å². The van der Waals surface area contributed by atoms with E-state index >= 15 is 0 Å². The highest BCUT2D eigenvalue weighted by atomic mass is 19.1. The maximum Gasteiger partial charge on any atom is 0.131 e. The summed E-state index contributed by atoms with van der Waals surface area (Å²) in [4.78, 5) is 0. The first-order valence-electron chi connectivity index (χ1n) is 6.42. The number of hydrogen-bond acceptors (Lipinski definition) is 1. The quantitative estimate of drug-likeness (QED) is 0.821. The van der Waals surface area contributed by atoms with Gasteiger partial charge in [0.2, 0.25) is 0 Å². The van der Waals surface area contributed by atoms with Crippen molar-refractivity contribution in [2.45, 2.75) is 25.4 Å². The minimum atomic E-state index is -0.500. The van der Waals surface area contributed by atoms with Crippen LogP contribution in [0.15, 0.2) is 36.4 Å². The molecule has 0 aromatic heterocycles. The highest BCUT2D eigenvalue weighted by Gasteiger charge is 2.21. The standard InChI is InChI=1S/C16H14F2O/c17-10-7-8-15(18)14(9-10)12-3-1-5-13-11(12)4-2-6-16(13)19/h1,3,5,7-9,16,19H,2,4,6H2. The van der Waals surface area contributed by atoms with Crippen LogP contribution in [0.25, 0.3) is 11.1 Å². The van der Waals surface area contributed by atoms with Crippen molar-refractivity contribution in [3.63, 3.8) is 0 Å². The molecule has 19 heavy (non-hydrogen) atoms. The molecule has 1 aliphatic carbocycles. The Morgan fingerprint density at radius 3 is 2.74 bits per heavy atom. The summed E-state index contributed by atoms with van der Waals surface area (Å²) >= 11 is 0. The Morgan fingerprint density at radius 2 is 1.89 bits per heavy atom. The Hall–Kier alpha value is -1.74. The summed E-state index contributed by atoms with van der Waals surface area (Å²) in [5.41, 5.74) is 2.73. The molecule has 0 bridgehead atoms. The highest BCUT2D eigenvalue weighted by molar-refractivity contribution is 5.70. The minimum Gasteiger partial charge on any atom is -0.388 e. The first-order valence-corrected chi connectivity index (χ1v) is 6.42. The molecule has 0 saturated carbocycles. The van der Waals surface area contributed by atoms with Crippen molar-refractivity contribution in [2.75, 3.05) is 0 Å². The fraction of sp³-hybridized carbons (Fsp3) is 0.250. The summed E-state index contributed by atoms with van der Waals surface area (Å²) in [5, 5.41) is 9.99. The van der Waals surface area contributed by atoms with E-state index in [2.05, 4.69) is 0 Å². The summed E-state index contributed by atoms with van der Waals surface area (Å²) in [5.74, 6) is -0.889. The third-order valence-electron chi connectivity index (χ3n) is 3.69. The molecule has 0 radical (unpaired) electrons. The van der Waals surface area contributed by atoms with Gasteiger partial charge in [-0.15, -0.1) is 0 Å². The molecule has 0 fully saturated rings. The van der Waals surface area contributed by atoms with Gasteiger partial charge in [-0.1, -0.05) is 18.2 Å². The van der Waals surface area contributed by atoms with Gasteiger partial charge in [0.1, 0.15) is 11.6 Å². The first-order chi connectivity index (χ1) is 9.16. The van der Waals surface area contributed by atoms with Crippen LogP contribution in [-0.2, 0) is 6.42 Å². The molecule has 2 aromatic carbocycles. The lowest BCUT2D eigenvalue weighted by atomic mass is 9.84. The van der Waals surface area contributed by atoms with Gasteiger partial charge in [0, 0.05) is 5.56 Å². The zero-order valence-electron chi connectivity index (χ0n) is 10.4. The second kappa shape index (κ2) is 4.74. The van der Waals surface area contributed by atoms with Crippen LogP contribution in [-0.4, -0.2) is 5.11 Å². The van der Waals surface area contributed by atoms with Gasteiger partial charge in [-0.25, -0.2) is 8.78 Å². The van der Waals surface area contributed by atoms with Crippen LogP contribution in [0.4, 0.5) is 8.78 Å². The summed E-state index contributed by atoms with van der Waals surface area (Å²) in [6.45, 7) is 0. The van der Waals surface area contributed by atoms with Crippen LogP contribution >= 0.6 is 0 Å². The second-order valence-corrected chi connectivity index (χ2v) is 4.91. The van der Waals surface area contributed by atoms with Crippen LogP contribution < -0.4 is 0 Å². The summed E-state index contributed by atoms with van der Waals surface area (Å²) in [6.07, 6.45) is 1.88. The first kappa shape index (κ1) is 12.3. The smallest absolute Gasteiger partial charge is 0.131 e. The van der Waals surface area contributed by atoms with E-state index in [1.54, 1.807) is 12.1 Å². The zero-order valence-corrected chi connectivity index (χ0v) is 10.4. The molecule has 0 saturated heterocycles. The van der Waals surface area contributed by atoms with Crippen LogP contribution in [0.1, 0.15) is 30.1 Å². The predicted octanol–water partition coefficient (Wildman–Crippen LogP) is 4.00. The molecule has 3 rings (SSSR count). The van der Waals surface area contributed by atoms with Crippen molar-refractivity contribution >= 4 is 0 Å². The number of halogens is 2. The molecule has 0 heterocycles. The van der Waals surface area contributed by atoms with Crippen LogP contribution in [0.3, 0.4) is 0 Å². The Morgan fingerprint density at radius 1 is 1.05 bits per heavy atom. The van der Waals surface area contributed by atoms with Gasteiger partial charge in [-0.3, -0.25) is 0 Å². The average Bonchev–Trinajstić information content (AvgIpc) is 2.42. The van der Waals surface area contributed by atoms with Gasteiger partial charge < -0.3 is 5.11 Å². The fourth-order valence-electron chi connectivity index (χ4n) is 2.78. The van der Waals surface area contributed by atoms with Crippen molar-refractivity contribution in [1.82, 2.24) is 0 Å². The molecule has 2 aromatic rings. The van der Waals surface area contributed by atoms with E-state index in [4.69, 9.17) is 0 Å². The molecule has 98 valence electrons. The van der Waals surface area contributed by atoms with E-state index < -0.39 is 17.7 Å². The normalized spacial score (nSPS) is 18.2. The Kier molecular flexibility index (Phi) is 3.07. The third-order valence-corrected chi connectivity index (χ3v) is 3.69. The lowest BCUT2D eigenvalue weighted by Gasteiger charge is -2.24. The van der Waals surface area contributed by atoms with E-state index in [0.29, 0.717) is 5.56 Å². The van der Waals surface area contributed by atoms with E-state index in [-0.39, 0.29) is 5.56 Å². The van der Waals surface area contributed by atoms with Crippen molar-refractivity contribution in [3.05, 3.63) is 59.2 Å². The SMILES string of the molecule is OC1CCCc2c(-c3cc(F)ccc3F)cccc21. The number of hydrogen-bond donors (Lipinski definition) is 1. The van der Waals surface area contributed by atoms with Crippen LogP contribution in [0, 0.1) is 11.6 Å². The van der Waals surface area contributed by atoms with Gasteiger partial charge >= 0.3 is 0 Å². The van der Waals surface area contributed by atoms with Crippen LogP contribution in [0.5, 0.6) is 0 Å². The number of aliphatic hydroxyl groups excluding tert-OH is 1. The summed E-state index contributed by atoms with van der Waals surface area (Å²) < 4.78 is 27.2. The molecule has 3 heteroatoms. The van der Waals surface area contributed by atoms with Crippen molar-refractivity contribution in [3.8, 4) is 11.1 Å². The molecule has 1 N–H and O–H groups in total. The lowest BCUT2D eigenvalue weighted by Crippen LogP contribution is -2.10. The molecular formula is C16H14F2O. The Labute approximate surface area is 110 Å². The molecule has 1 aliphatic rings. The maximum atomic E-state index is 13.9. The number of aliphatic hydroxyl groups is 1. The molecule has 1 nitrogen and oxygen atoms in total. The Bertz CT molecular complexity index is 622. The van der Waals surface area contributed by atoms with Gasteiger partial charge in [0.25, 0.3) is 0 Å². The summed E-state index contributed by atoms with van der Waals surface area (Å²) in [7, 11) is 0. The van der Waals surface area contributed by atoms with Crippen LogP contribution in [0.2, 0.25) is 0 Å². The van der Waals surface area contributed by atoms with Crippen molar-refractivity contribution < 1.29 is 13.9 Å².